The van der Waals surface area contributed by atoms with Gasteiger partial charge >= 0.3 is 0 Å². The van der Waals surface area contributed by atoms with E-state index in [9.17, 15) is 5.11 Å². The maximum atomic E-state index is 9.33. The first kappa shape index (κ1) is 11.5. The zero-order chi connectivity index (χ0) is 10.4. The summed E-state index contributed by atoms with van der Waals surface area (Å²) in [6.07, 6.45) is -0.439. The van der Waals surface area contributed by atoms with E-state index in [1.807, 2.05) is 25.2 Å². The molecule has 1 atom stereocenters. The maximum Gasteiger partial charge on any atom is 0.0802 e. The average Bonchev–Trinajstić information content (AvgIpc) is 2.19. The SMILES string of the molecule is CN(Cc1ccccc1)CC(O)CCl. The highest BCUT2D eigenvalue weighted by atomic mass is 35.5. The van der Waals surface area contributed by atoms with Crippen LogP contribution in [0.5, 0.6) is 0 Å². The van der Waals surface area contributed by atoms with Gasteiger partial charge in [0.2, 0.25) is 0 Å². The molecule has 0 saturated carbocycles. The topological polar surface area (TPSA) is 23.5 Å². The van der Waals surface area contributed by atoms with E-state index < -0.39 is 6.10 Å². The number of hydrogen-bond donors (Lipinski definition) is 1. The van der Waals surface area contributed by atoms with Gasteiger partial charge in [-0.2, -0.15) is 0 Å². The molecule has 1 rings (SSSR count). The van der Waals surface area contributed by atoms with E-state index in [4.69, 9.17) is 11.6 Å². The first-order valence-electron chi connectivity index (χ1n) is 4.69. The standard InChI is InChI=1S/C11H16ClNO/c1-13(9-11(14)7-12)8-10-5-3-2-4-6-10/h2-6,11,14H,7-9H2,1H3. The largest absolute Gasteiger partial charge is 0.391 e. The quantitative estimate of drug-likeness (QED) is 0.753. The van der Waals surface area contributed by atoms with Crippen molar-refractivity contribution < 1.29 is 5.11 Å². The van der Waals surface area contributed by atoms with Crippen molar-refractivity contribution in [2.45, 2.75) is 12.6 Å². The van der Waals surface area contributed by atoms with E-state index in [1.165, 1.54) is 5.56 Å². The lowest BCUT2D eigenvalue weighted by molar-refractivity contribution is 0.141. The summed E-state index contributed by atoms with van der Waals surface area (Å²) in [4.78, 5) is 2.06. The highest BCUT2D eigenvalue weighted by Gasteiger charge is 2.06. The van der Waals surface area contributed by atoms with Crippen molar-refractivity contribution in [2.24, 2.45) is 0 Å². The molecule has 0 fully saturated rings. The van der Waals surface area contributed by atoms with E-state index >= 15 is 0 Å². The molecular weight excluding hydrogens is 198 g/mol. The van der Waals surface area contributed by atoms with E-state index in [-0.39, 0.29) is 0 Å². The Labute approximate surface area is 90.1 Å². The molecule has 1 N–H and O–H groups in total. The van der Waals surface area contributed by atoms with Crippen LogP contribution in [0, 0.1) is 0 Å². The van der Waals surface area contributed by atoms with Gasteiger partial charge in [0.1, 0.15) is 0 Å². The van der Waals surface area contributed by atoms with E-state index in [0.29, 0.717) is 12.4 Å². The number of benzene rings is 1. The molecule has 0 aliphatic heterocycles. The number of alkyl halides is 1. The van der Waals surface area contributed by atoms with Gasteiger partial charge in [-0.3, -0.25) is 4.90 Å². The molecule has 78 valence electrons. The molecule has 1 aromatic carbocycles. The highest BCUT2D eigenvalue weighted by Crippen LogP contribution is 2.03. The Morgan fingerprint density at radius 3 is 2.57 bits per heavy atom. The molecule has 1 unspecified atom stereocenters. The van der Waals surface area contributed by atoms with Gasteiger partial charge in [0.25, 0.3) is 0 Å². The molecule has 0 aliphatic rings. The second-order valence-corrected chi connectivity index (χ2v) is 3.80. The van der Waals surface area contributed by atoms with Gasteiger partial charge in [0, 0.05) is 19.0 Å². The Morgan fingerprint density at radius 1 is 1.36 bits per heavy atom. The van der Waals surface area contributed by atoms with Crippen LogP contribution in [0.4, 0.5) is 0 Å². The summed E-state index contributed by atoms with van der Waals surface area (Å²) in [6, 6.07) is 10.2. The molecule has 0 amide bonds. The molecule has 3 heteroatoms. The van der Waals surface area contributed by atoms with Gasteiger partial charge < -0.3 is 5.11 Å². The fraction of sp³-hybridized carbons (Fsp3) is 0.455. The summed E-state index contributed by atoms with van der Waals surface area (Å²) in [6.45, 7) is 1.45. The molecule has 0 spiro atoms. The molecule has 14 heavy (non-hydrogen) atoms. The van der Waals surface area contributed by atoms with E-state index in [1.54, 1.807) is 0 Å². The van der Waals surface area contributed by atoms with Crippen LogP contribution in [-0.4, -0.2) is 35.6 Å². The molecular formula is C11H16ClNO. The van der Waals surface area contributed by atoms with Crippen molar-refractivity contribution >= 4 is 11.6 Å². The normalized spacial score (nSPS) is 13.1. The van der Waals surface area contributed by atoms with E-state index in [0.717, 1.165) is 6.54 Å². The van der Waals surface area contributed by atoms with Crippen LogP contribution in [0.15, 0.2) is 30.3 Å². The van der Waals surface area contributed by atoms with E-state index in [2.05, 4.69) is 17.0 Å². The van der Waals surface area contributed by atoms with Crippen molar-refractivity contribution in [1.82, 2.24) is 4.90 Å². The van der Waals surface area contributed by atoms with Crippen molar-refractivity contribution in [3.8, 4) is 0 Å². The molecule has 0 saturated heterocycles. The second kappa shape index (κ2) is 6.02. The fourth-order valence-corrected chi connectivity index (χ4v) is 1.47. The summed E-state index contributed by atoms with van der Waals surface area (Å²) in [5, 5.41) is 9.33. The van der Waals surface area contributed by atoms with Crippen LogP contribution >= 0.6 is 11.6 Å². The van der Waals surface area contributed by atoms with Crippen molar-refractivity contribution in [3.63, 3.8) is 0 Å². The molecule has 0 aromatic heterocycles. The van der Waals surface area contributed by atoms with Crippen LogP contribution in [0.25, 0.3) is 0 Å². The van der Waals surface area contributed by atoms with Crippen LogP contribution in [0.3, 0.4) is 0 Å². The Kier molecular flexibility index (Phi) is 4.94. The zero-order valence-electron chi connectivity index (χ0n) is 8.36. The Balaban J connectivity index is 2.37. The van der Waals surface area contributed by atoms with Crippen molar-refractivity contribution in [2.75, 3.05) is 19.5 Å². The molecule has 0 radical (unpaired) electrons. The van der Waals surface area contributed by atoms with Crippen molar-refractivity contribution in [1.29, 1.82) is 0 Å². The van der Waals surface area contributed by atoms with Crippen LogP contribution < -0.4 is 0 Å². The predicted octanol–water partition coefficient (Wildman–Crippen LogP) is 1.72. The summed E-state index contributed by atoms with van der Waals surface area (Å²) < 4.78 is 0. The fourth-order valence-electron chi connectivity index (χ4n) is 1.37. The molecule has 0 heterocycles. The monoisotopic (exact) mass is 213 g/mol. The first-order chi connectivity index (χ1) is 6.72. The number of halogens is 1. The first-order valence-corrected chi connectivity index (χ1v) is 5.22. The van der Waals surface area contributed by atoms with Gasteiger partial charge in [-0.05, 0) is 12.6 Å². The van der Waals surface area contributed by atoms with Gasteiger partial charge in [0.15, 0.2) is 0 Å². The maximum absolute atomic E-state index is 9.33. The van der Waals surface area contributed by atoms with Crippen LogP contribution in [0.2, 0.25) is 0 Å². The summed E-state index contributed by atoms with van der Waals surface area (Å²) >= 11 is 5.52. The molecule has 0 bridgehead atoms. The third kappa shape index (κ3) is 4.09. The number of nitrogens with zero attached hydrogens (tertiary/aromatic N) is 1. The smallest absolute Gasteiger partial charge is 0.0802 e. The van der Waals surface area contributed by atoms with Gasteiger partial charge in [-0.25, -0.2) is 0 Å². The lowest BCUT2D eigenvalue weighted by Crippen LogP contribution is -2.29. The Bertz CT molecular complexity index is 253. The zero-order valence-corrected chi connectivity index (χ0v) is 9.11. The van der Waals surface area contributed by atoms with Crippen LogP contribution in [0.1, 0.15) is 5.56 Å². The van der Waals surface area contributed by atoms with Crippen LogP contribution in [-0.2, 0) is 6.54 Å². The number of rotatable bonds is 5. The predicted molar refractivity (Wildman–Crippen MR) is 59.5 cm³/mol. The minimum absolute atomic E-state index is 0.291. The number of likely N-dealkylation sites (N-methyl/N-ethyl adjacent to an activating group) is 1. The minimum atomic E-state index is -0.439. The average molecular weight is 214 g/mol. The molecule has 2 nitrogen and oxygen atoms in total. The third-order valence-electron chi connectivity index (χ3n) is 2.00. The highest BCUT2D eigenvalue weighted by molar-refractivity contribution is 6.18. The summed E-state index contributed by atoms with van der Waals surface area (Å²) in [5.74, 6) is 0.291. The number of aliphatic hydroxyl groups is 1. The summed E-state index contributed by atoms with van der Waals surface area (Å²) in [5.41, 5.74) is 1.25. The lowest BCUT2D eigenvalue weighted by atomic mass is 10.2. The lowest BCUT2D eigenvalue weighted by Gasteiger charge is -2.19. The molecule has 0 aliphatic carbocycles. The molecule has 1 aromatic rings. The van der Waals surface area contributed by atoms with Gasteiger partial charge in [-0.15, -0.1) is 11.6 Å². The Morgan fingerprint density at radius 2 is 2.00 bits per heavy atom. The number of hydrogen-bond acceptors (Lipinski definition) is 2. The second-order valence-electron chi connectivity index (χ2n) is 3.49. The Hall–Kier alpha value is -0.570. The third-order valence-corrected chi connectivity index (χ3v) is 2.35. The summed E-state index contributed by atoms with van der Waals surface area (Å²) in [7, 11) is 1.97. The van der Waals surface area contributed by atoms with Gasteiger partial charge in [-0.1, -0.05) is 30.3 Å². The minimum Gasteiger partial charge on any atom is -0.391 e. The van der Waals surface area contributed by atoms with Gasteiger partial charge in [0.05, 0.1) is 6.10 Å². The van der Waals surface area contributed by atoms with Crippen molar-refractivity contribution in [3.05, 3.63) is 35.9 Å². The number of aliphatic hydroxyl groups excluding tert-OH is 1.